The number of urea groups is 1. The Hall–Kier alpha value is -2.98. The molecule has 0 aromatic rings. The third-order valence-corrected chi connectivity index (χ3v) is 9.86. The molecular weight excluding hydrogens is 588 g/mol. The monoisotopic (exact) mass is 646 g/mol. The fraction of sp³-hybridized carbons (Fsp3) is 0.829. The maximum absolute atomic E-state index is 14.3. The normalized spacial score (nSPS) is 28.5. The Kier molecular flexibility index (Phi) is 12.1. The molecule has 0 bridgehead atoms. The van der Waals surface area contributed by atoms with E-state index in [-0.39, 0.29) is 23.2 Å². The molecule has 11 nitrogen and oxygen atoms in total. The molecule has 46 heavy (non-hydrogen) atoms. The van der Waals surface area contributed by atoms with Crippen LogP contribution in [0.5, 0.6) is 0 Å². The van der Waals surface area contributed by atoms with E-state index in [1.807, 2.05) is 20.8 Å². The highest BCUT2D eigenvalue weighted by atomic mass is 16.6. The fourth-order valence-electron chi connectivity index (χ4n) is 7.12. The molecule has 3 N–H and O–H groups in total. The smallest absolute Gasteiger partial charge is 0.329 e. The number of Topliss-reactive ketones (excluding diaryl/α,β-unsaturated/α-hetero) is 2. The van der Waals surface area contributed by atoms with Crippen LogP contribution in [0.15, 0.2) is 0 Å². The van der Waals surface area contributed by atoms with Crippen molar-refractivity contribution in [3.8, 4) is 0 Å². The summed E-state index contributed by atoms with van der Waals surface area (Å²) in [5.41, 5.74) is -1.57. The zero-order valence-electron chi connectivity index (χ0n) is 29.5. The summed E-state index contributed by atoms with van der Waals surface area (Å²) in [4.78, 5) is 81.1. The van der Waals surface area contributed by atoms with Crippen molar-refractivity contribution in [2.24, 2.45) is 22.7 Å². The summed E-state index contributed by atoms with van der Waals surface area (Å²) in [5.74, 6) is -2.58. The number of hydrogen-bond acceptors (Lipinski definition) is 7. The minimum Gasteiger partial charge on any atom is -0.458 e. The number of amides is 4. The molecule has 6 atom stereocenters. The van der Waals surface area contributed by atoms with E-state index >= 15 is 0 Å². The molecule has 11 heteroatoms. The summed E-state index contributed by atoms with van der Waals surface area (Å²) in [6.07, 6.45) is 8.05. The van der Waals surface area contributed by atoms with Crippen LogP contribution in [0.25, 0.3) is 0 Å². The van der Waals surface area contributed by atoms with Gasteiger partial charge in [-0.15, -0.1) is 0 Å². The third kappa shape index (κ3) is 9.53. The van der Waals surface area contributed by atoms with Gasteiger partial charge >= 0.3 is 12.0 Å². The number of esters is 1. The first-order chi connectivity index (χ1) is 21.3. The van der Waals surface area contributed by atoms with Gasteiger partial charge in [-0.25, -0.2) is 9.59 Å². The van der Waals surface area contributed by atoms with Crippen LogP contribution in [0.1, 0.15) is 127 Å². The summed E-state index contributed by atoms with van der Waals surface area (Å²) in [5, 5.41) is 8.45. The number of piperidine rings is 1. The number of ether oxygens (including phenoxy) is 1. The lowest BCUT2D eigenvalue weighted by Crippen LogP contribution is -2.60. The number of carbonyl (C=O) groups excluding carboxylic acids is 6. The van der Waals surface area contributed by atoms with Crippen LogP contribution < -0.4 is 16.0 Å². The van der Waals surface area contributed by atoms with E-state index in [4.69, 9.17) is 4.74 Å². The van der Waals surface area contributed by atoms with Crippen LogP contribution in [0.2, 0.25) is 0 Å². The minimum atomic E-state index is -0.966. The second kappa shape index (κ2) is 14.8. The Morgan fingerprint density at radius 3 is 1.96 bits per heavy atom. The van der Waals surface area contributed by atoms with Gasteiger partial charge in [0.15, 0.2) is 5.78 Å². The lowest BCUT2D eigenvalue weighted by molar-refractivity contribution is -0.160. The molecule has 1 saturated carbocycles. The van der Waals surface area contributed by atoms with Crippen LogP contribution in [0.3, 0.4) is 0 Å². The molecule has 4 amide bonds. The molecule has 2 heterocycles. The Morgan fingerprint density at radius 2 is 1.43 bits per heavy atom. The van der Waals surface area contributed by atoms with Gasteiger partial charge in [-0.3, -0.25) is 19.2 Å². The van der Waals surface area contributed by atoms with E-state index in [0.717, 1.165) is 44.9 Å². The van der Waals surface area contributed by atoms with Crippen molar-refractivity contribution in [2.45, 2.75) is 156 Å². The Labute approximate surface area is 275 Å². The molecule has 2 aliphatic heterocycles. The van der Waals surface area contributed by atoms with E-state index in [1.165, 1.54) is 6.92 Å². The van der Waals surface area contributed by atoms with Gasteiger partial charge in [-0.2, -0.15) is 0 Å². The highest BCUT2D eigenvalue weighted by Crippen LogP contribution is 2.65. The Morgan fingerprint density at radius 1 is 0.891 bits per heavy atom. The van der Waals surface area contributed by atoms with Crippen LogP contribution in [-0.2, 0) is 28.7 Å². The number of fused-ring (bicyclic) bond motifs is 3. The molecule has 0 radical (unpaired) electrons. The molecule has 260 valence electrons. The predicted molar refractivity (Wildman–Crippen MR) is 175 cm³/mol. The Bertz CT molecular complexity index is 1170. The number of rotatable bonds is 5. The number of ketones is 2. The maximum Gasteiger partial charge on any atom is 0.329 e. The standard InChI is InChI=1S/C35H58N4O7/c1-21(40)27(41)23-18-16-14-12-10-11-13-15-17-19-24(30(43)39-20-22-25(35(22,8)9)26(39)29(42)36-23)37-32(45)38-28(33(2,3)4)31(44)46-34(5,6)7/h22-26,28H,10-20H2,1-9H3,(H,36,42)(H2,37,38,45)/t22?,23-,24-,25?,26-,28?/m0/s1. The molecule has 3 rings (SSSR count). The van der Waals surface area contributed by atoms with Gasteiger partial charge in [-0.05, 0) is 56.3 Å². The zero-order chi connectivity index (χ0) is 34.6. The largest absolute Gasteiger partial charge is 0.458 e. The lowest BCUT2D eigenvalue weighted by Gasteiger charge is -2.35. The highest BCUT2D eigenvalue weighted by molar-refractivity contribution is 6.38. The molecule has 3 unspecified atom stereocenters. The van der Waals surface area contributed by atoms with E-state index in [2.05, 4.69) is 29.8 Å². The van der Waals surface area contributed by atoms with Gasteiger partial charge in [0.1, 0.15) is 23.7 Å². The van der Waals surface area contributed by atoms with Gasteiger partial charge in [0.25, 0.3) is 0 Å². The SMILES string of the molecule is CC(=O)C(=O)[C@@H]1CCCCCCCCCC[C@H](NC(=O)NC(C(=O)OC(C)(C)C)C(C)(C)C)C(=O)N2CC3C([C@H]2C(=O)N1)C3(C)C. The topological polar surface area (TPSA) is 151 Å². The summed E-state index contributed by atoms with van der Waals surface area (Å²) >= 11 is 0. The number of hydrogen-bond donors (Lipinski definition) is 3. The molecule has 2 saturated heterocycles. The van der Waals surface area contributed by atoms with Crippen molar-refractivity contribution in [2.75, 3.05) is 6.54 Å². The van der Waals surface area contributed by atoms with Gasteiger partial charge in [-0.1, -0.05) is 86.0 Å². The molecule has 3 fully saturated rings. The third-order valence-electron chi connectivity index (χ3n) is 9.86. The van der Waals surface area contributed by atoms with E-state index in [9.17, 15) is 28.8 Å². The van der Waals surface area contributed by atoms with Crippen molar-refractivity contribution in [3.05, 3.63) is 0 Å². The van der Waals surface area contributed by atoms with Crippen LogP contribution in [0.4, 0.5) is 4.79 Å². The number of carbonyl (C=O) groups is 6. The quantitative estimate of drug-likeness (QED) is 0.295. The van der Waals surface area contributed by atoms with Crippen molar-refractivity contribution in [1.82, 2.24) is 20.9 Å². The van der Waals surface area contributed by atoms with Crippen LogP contribution >= 0.6 is 0 Å². The first-order valence-corrected chi connectivity index (χ1v) is 17.2. The lowest BCUT2D eigenvalue weighted by atomic mass is 9.86. The van der Waals surface area contributed by atoms with E-state index in [1.54, 1.807) is 25.7 Å². The molecule has 0 spiro atoms. The summed E-state index contributed by atoms with van der Waals surface area (Å²) in [6, 6.07) is -4.29. The van der Waals surface area contributed by atoms with Crippen LogP contribution in [0, 0.1) is 22.7 Å². The summed E-state index contributed by atoms with van der Waals surface area (Å²) in [6.45, 7) is 16.5. The summed E-state index contributed by atoms with van der Waals surface area (Å²) < 4.78 is 5.58. The van der Waals surface area contributed by atoms with Crippen molar-refractivity contribution >= 4 is 35.4 Å². The highest BCUT2D eigenvalue weighted by Gasteiger charge is 2.69. The van der Waals surface area contributed by atoms with Gasteiger partial charge in [0, 0.05) is 13.5 Å². The minimum absolute atomic E-state index is 0.0986. The van der Waals surface area contributed by atoms with Gasteiger partial charge < -0.3 is 25.6 Å². The van der Waals surface area contributed by atoms with E-state index in [0.29, 0.717) is 25.8 Å². The van der Waals surface area contributed by atoms with Gasteiger partial charge in [0.05, 0.1) is 6.04 Å². The van der Waals surface area contributed by atoms with E-state index < -0.39 is 64.7 Å². The average molecular weight is 647 g/mol. The zero-order valence-corrected chi connectivity index (χ0v) is 29.5. The van der Waals surface area contributed by atoms with Crippen molar-refractivity contribution in [3.63, 3.8) is 0 Å². The molecule has 0 aromatic heterocycles. The first-order valence-electron chi connectivity index (χ1n) is 17.2. The van der Waals surface area contributed by atoms with Crippen molar-refractivity contribution < 1.29 is 33.5 Å². The fourth-order valence-corrected chi connectivity index (χ4v) is 7.12. The maximum atomic E-state index is 14.3. The number of nitrogens with one attached hydrogen (secondary N) is 3. The van der Waals surface area contributed by atoms with Crippen LogP contribution in [-0.4, -0.2) is 76.6 Å². The predicted octanol–water partition coefficient (Wildman–Crippen LogP) is 4.45. The summed E-state index contributed by atoms with van der Waals surface area (Å²) in [7, 11) is 0. The Balaban J connectivity index is 1.87. The first kappa shape index (κ1) is 37.5. The molecular formula is C35H58N4O7. The second-order valence-corrected chi connectivity index (χ2v) is 16.3. The van der Waals surface area contributed by atoms with Crippen molar-refractivity contribution in [1.29, 1.82) is 0 Å². The molecule has 1 aliphatic carbocycles. The molecule has 3 aliphatic rings. The average Bonchev–Trinajstić information content (AvgIpc) is 3.25. The second-order valence-electron chi connectivity index (χ2n) is 16.3. The molecule has 0 aromatic carbocycles. The number of nitrogens with zero attached hydrogens (tertiary/aromatic N) is 1. The van der Waals surface area contributed by atoms with Gasteiger partial charge in [0.2, 0.25) is 17.6 Å².